The van der Waals surface area contributed by atoms with Gasteiger partial charge in [0.15, 0.2) is 11.5 Å². The Kier molecular flexibility index (Phi) is 9.33. The Balaban J connectivity index is 1.54. The van der Waals surface area contributed by atoms with Crippen LogP contribution in [-0.4, -0.2) is 72.4 Å². The lowest BCUT2D eigenvalue weighted by Crippen LogP contribution is -2.40. The molecule has 1 fully saturated rings. The van der Waals surface area contributed by atoms with Gasteiger partial charge in [-0.15, -0.1) is 0 Å². The zero-order chi connectivity index (χ0) is 21.2. The smallest absolute Gasteiger partial charge is 0.161 e. The third kappa shape index (κ3) is 7.20. The van der Waals surface area contributed by atoms with Crippen LogP contribution in [0.15, 0.2) is 48.5 Å². The quantitative estimate of drug-likeness (QED) is 0.589. The van der Waals surface area contributed by atoms with Gasteiger partial charge in [-0.05, 0) is 29.8 Å². The Morgan fingerprint density at radius 1 is 1.03 bits per heavy atom. The third-order valence-corrected chi connectivity index (χ3v) is 6.28. The molecular formula is C24H34N2O3S. The predicted octanol–water partition coefficient (Wildman–Crippen LogP) is 3.51. The Hall–Kier alpha value is -1.73. The van der Waals surface area contributed by atoms with Gasteiger partial charge in [-0.3, -0.25) is 9.80 Å². The highest BCUT2D eigenvalue weighted by Gasteiger charge is 2.16. The maximum absolute atomic E-state index is 10.4. The second-order valence-corrected chi connectivity index (χ2v) is 8.88. The van der Waals surface area contributed by atoms with Crippen LogP contribution >= 0.6 is 11.8 Å². The summed E-state index contributed by atoms with van der Waals surface area (Å²) in [6.45, 7) is 7.92. The van der Waals surface area contributed by atoms with Crippen molar-refractivity contribution >= 4 is 11.8 Å². The number of ether oxygens (including phenoxy) is 2. The molecule has 1 saturated heterocycles. The summed E-state index contributed by atoms with van der Waals surface area (Å²) >= 11 is 1.97. The topological polar surface area (TPSA) is 45.2 Å². The number of hydrogen-bond acceptors (Lipinski definition) is 6. The largest absolute Gasteiger partial charge is 0.493 e. The van der Waals surface area contributed by atoms with Crippen LogP contribution in [-0.2, 0) is 13.1 Å². The normalized spacial score (nSPS) is 15.9. The van der Waals surface area contributed by atoms with Crippen LogP contribution in [0.1, 0.15) is 18.1 Å². The summed E-state index contributed by atoms with van der Waals surface area (Å²) in [6.07, 6.45) is -0.501. The van der Waals surface area contributed by atoms with Gasteiger partial charge in [0.25, 0.3) is 0 Å². The van der Waals surface area contributed by atoms with Gasteiger partial charge in [0.1, 0.15) is 12.7 Å². The van der Waals surface area contributed by atoms with Gasteiger partial charge < -0.3 is 14.6 Å². The third-order valence-electron chi connectivity index (χ3n) is 5.33. The van der Waals surface area contributed by atoms with Crippen LogP contribution in [0, 0.1) is 0 Å². The average molecular weight is 431 g/mol. The maximum atomic E-state index is 10.4. The summed E-state index contributed by atoms with van der Waals surface area (Å²) < 4.78 is 11.5. The predicted molar refractivity (Wildman–Crippen MR) is 124 cm³/mol. The highest BCUT2D eigenvalue weighted by Crippen LogP contribution is 2.29. The maximum Gasteiger partial charge on any atom is 0.161 e. The minimum atomic E-state index is -0.501. The molecule has 5 nitrogen and oxygen atoms in total. The number of benzene rings is 2. The van der Waals surface area contributed by atoms with Crippen LogP contribution < -0.4 is 9.47 Å². The Morgan fingerprint density at radius 3 is 2.47 bits per heavy atom. The van der Waals surface area contributed by atoms with Crippen molar-refractivity contribution in [2.24, 2.45) is 0 Å². The molecule has 1 N–H and O–H groups in total. The summed E-state index contributed by atoms with van der Waals surface area (Å²) in [5.74, 6) is 3.68. The van der Waals surface area contributed by atoms with E-state index in [0.29, 0.717) is 18.0 Å². The van der Waals surface area contributed by atoms with Crippen molar-refractivity contribution in [3.05, 3.63) is 59.7 Å². The number of rotatable bonds is 11. The summed E-state index contributed by atoms with van der Waals surface area (Å²) in [7, 11) is 1.66. The molecule has 0 saturated carbocycles. The van der Waals surface area contributed by atoms with E-state index in [4.69, 9.17) is 9.47 Å². The molecule has 0 radical (unpaired) electrons. The Labute approximate surface area is 185 Å². The van der Waals surface area contributed by atoms with Crippen molar-refractivity contribution < 1.29 is 14.6 Å². The SMILES string of the molecule is CCN(Cc1ccccc1)Cc1ccc(OC[C@@H](O)CN2CCSCC2)c(OC)c1. The number of aliphatic hydroxyl groups excluding tert-OH is 1. The molecule has 1 heterocycles. The van der Waals surface area contributed by atoms with E-state index in [1.165, 1.54) is 11.1 Å². The second kappa shape index (κ2) is 12.2. The fourth-order valence-corrected chi connectivity index (χ4v) is 4.61. The first kappa shape index (κ1) is 22.9. The zero-order valence-corrected chi connectivity index (χ0v) is 18.9. The number of methoxy groups -OCH3 is 1. The molecule has 1 atom stereocenters. The molecule has 164 valence electrons. The first-order valence-electron chi connectivity index (χ1n) is 10.7. The molecule has 2 aromatic rings. The van der Waals surface area contributed by atoms with Crippen molar-refractivity contribution in [1.29, 1.82) is 0 Å². The molecule has 2 aromatic carbocycles. The van der Waals surface area contributed by atoms with Crippen LogP contribution in [0.4, 0.5) is 0 Å². The van der Waals surface area contributed by atoms with E-state index < -0.39 is 6.10 Å². The fourth-order valence-electron chi connectivity index (χ4n) is 3.63. The first-order valence-corrected chi connectivity index (χ1v) is 11.9. The van der Waals surface area contributed by atoms with E-state index >= 15 is 0 Å². The van der Waals surface area contributed by atoms with Crippen LogP contribution in [0.3, 0.4) is 0 Å². The lowest BCUT2D eigenvalue weighted by Gasteiger charge is -2.28. The number of thioether (sulfide) groups is 1. The molecule has 1 aliphatic heterocycles. The lowest BCUT2D eigenvalue weighted by molar-refractivity contribution is 0.0704. The Bertz CT molecular complexity index is 753. The van der Waals surface area contributed by atoms with Crippen molar-refractivity contribution in [2.75, 3.05) is 51.4 Å². The molecule has 0 amide bonds. The van der Waals surface area contributed by atoms with E-state index in [1.807, 2.05) is 30.0 Å². The molecule has 0 aromatic heterocycles. The first-order chi connectivity index (χ1) is 14.7. The summed E-state index contributed by atoms with van der Waals surface area (Å²) in [5.41, 5.74) is 2.50. The van der Waals surface area contributed by atoms with Gasteiger partial charge in [-0.25, -0.2) is 0 Å². The van der Waals surface area contributed by atoms with Gasteiger partial charge in [-0.1, -0.05) is 43.3 Å². The molecule has 1 aliphatic rings. The zero-order valence-electron chi connectivity index (χ0n) is 18.1. The van der Waals surface area contributed by atoms with Gasteiger partial charge in [0, 0.05) is 44.2 Å². The average Bonchev–Trinajstić information content (AvgIpc) is 2.79. The van der Waals surface area contributed by atoms with Gasteiger partial charge >= 0.3 is 0 Å². The molecule has 6 heteroatoms. The molecule has 0 unspecified atom stereocenters. The number of nitrogens with zero attached hydrogens (tertiary/aromatic N) is 2. The minimum Gasteiger partial charge on any atom is -0.493 e. The summed E-state index contributed by atoms with van der Waals surface area (Å²) in [4.78, 5) is 4.70. The highest BCUT2D eigenvalue weighted by atomic mass is 32.2. The van der Waals surface area contributed by atoms with Crippen molar-refractivity contribution in [3.63, 3.8) is 0 Å². The molecular weight excluding hydrogens is 396 g/mol. The molecule has 3 rings (SSSR count). The molecule has 0 bridgehead atoms. The van der Waals surface area contributed by atoms with E-state index in [0.717, 1.165) is 44.2 Å². The summed E-state index contributed by atoms with van der Waals surface area (Å²) in [5, 5.41) is 10.4. The van der Waals surface area contributed by atoms with Crippen LogP contribution in [0.5, 0.6) is 11.5 Å². The van der Waals surface area contributed by atoms with E-state index in [9.17, 15) is 5.11 Å². The van der Waals surface area contributed by atoms with Gasteiger partial charge in [0.05, 0.1) is 7.11 Å². The van der Waals surface area contributed by atoms with Crippen LogP contribution in [0.2, 0.25) is 0 Å². The minimum absolute atomic E-state index is 0.272. The molecule has 0 aliphatic carbocycles. The molecule has 30 heavy (non-hydrogen) atoms. The fraction of sp³-hybridized carbons (Fsp3) is 0.500. The number of hydrogen-bond donors (Lipinski definition) is 1. The van der Waals surface area contributed by atoms with E-state index in [1.54, 1.807) is 7.11 Å². The van der Waals surface area contributed by atoms with Gasteiger partial charge in [0.2, 0.25) is 0 Å². The Morgan fingerprint density at radius 2 is 1.77 bits per heavy atom. The monoisotopic (exact) mass is 430 g/mol. The van der Waals surface area contributed by atoms with Crippen molar-refractivity contribution in [2.45, 2.75) is 26.1 Å². The summed E-state index contributed by atoms with van der Waals surface area (Å²) in [6, 6.07) is 16.6. The highest BCUT2D eigenvalue weighted by molar-refractivity contribution is 7.99. The lowest BCUT2D eigenvalue weighted by atomic mass is 10.1. The van der Waals surface area contributed by atoms with E-state index in [-0.39, 0.29) is 6.61 Å². The van der Waals surface area contributed by atoms with E-state index in [2.05, 4.69) is 47.1 Å². The standard InChI is InChI=1S/C24H34N2O3S/c1-3-25(16-20-7-5-4-6-8-20)17-21-9-10-23(24(15-21)28-2)29-19-22(27)18-26-11-13-30-14-12-26/h4-10,15,22,27H,3,11-14,16-19H2,1-2H3/t22-/m0/s1. The van der Waals surface area contributed by atoms with Crippen LogP contribution in [0.25, 0.3) is 0 Å². The molecule has 0 spiro atoms. The number of aliphatic hydroxyl groups is 1. The van der Waals surface area contributed by atoms with Crippen molar-refractivity contribution in [3.8, 4) is 11.5 Å². The second-order valence-electron chi connectivity index (χ2n) is 7.65. The number of β-amino-alcohol motifs (C(OH)–C–C–N with tert-alkyl or cyclic N) is 1. The van der Waals surface area contributed by atoms with Gasteiger partial charge in [-0.2, -0.15) is 11.8 Å². The van der Waals surface area contributed by atoms with Crippen molar-refractivity contribution in [1.82, 2.24) is 9.80 Å².